The van der Waals surface area contributed by atoms with Crippen molar-refractivity contribution < 1.29 is 19.1 Å². The van der Waals surface area contributed by atoms with E-state index in [1.165, 1.54) is 0 Å². The van der Waals surface area contributed by atoms with E-state index in [1.807, 2.05) is 0 Å². The van der Waals surface area contributed by atoms with Gasteiger partial charge >= 0.3 is 0 Å². The Morgan fingerprint density at radius 3 is 2.33 bits per heavy atom. The van der Waals surface area contributed by atoms with E-state index in [2.05, 4.69) is 0 Å². The quantitative estimate of drug-likeness (QED) is 0.482. The van der Waals surface area contributed by atoms with Crippen LogP contribution in [0.1, 0.15) is 19.3 Å². The molecule has 1 aliphatic heterocycles. The molecule has 1 heterocycles. The number of carbonyl (C=O) groups excluding carboxylic acids is 2. The first kappa shape index (κ1) is 7.89. The Hall–Kier alpha value is -0.740. The minimum atomic E-state index is -1.19. The molecule has 0 bridgehead atoms. The Labute approximate surface area is 69.8 Å². The molecule has 1 aliphatic carbocycles. The second-order valence-electron chi connectivity index (χ2n) is 3.06. The van der Waals surface area contributed by atoms with Crippen LogP contribution >= 0.6 is 0 Å². The van der Waals surface area contributed by atoms with Gasteiger partial charge < -0.3 is 9.47 Å². The van der Waals surface area contributed by atoms with Crippen LogP contribution in [-0.4, -0.2) is 30.6 Å². The molecule has 0 aromatic carbocycles. The van der Waals surface area contributed by atoms with Crippen LogP contribution in [0.5, 0.6) is 0 Å². The second kappa shape index (κ2) is 2.64. The largest absolute Gasteiger partial charge is 0.343 e. The van der Waals surface area contributed by atoms with E-state index in [9.17, 15) is 9.59 Å². The number of hydrogen-bond acceptors (Lipinski definition) is 4. The normalized spacial score (nSPS) is 28.3. The summed E-state index contributed by atoms with van der Waals surface area (Å²) in [7, 11) is 0. The van der Waals surface area contributed by atoms with E-state index < -0.39 is 11.6 Å². The Bertz CT molecular complexity index is 227. The molecule has 1 saturated heterocycles. The lowest BCUT2D eigenvalue weighted by molar-refractivity contribution is -0.247. The third-order valence-electron chi connectivity index (χ3n) is 2.24. The number of Topliss-reactive ketones (excluding diaryl/α,β-unsaturated/α-hetero) is 2. The highest BCUT2D eigenvalue weighted by Gasteiger charge is 2.50. The molecule has 0 radical (unpaired) electrons. The average Bonchev–Trinajstić information content (AvgIpc) is 2.37. The maximum absolute atomic E-state index is 11.3. The number of ketones is 2. The molecule has 4 nitrogen and oxygen atoms in total. The Kier molecular flexibility index (Phi) is 1.73. The van der Waals surface area contributed by atoms with Crippen LogP contribution in [0, 0.1) is 0 Å². The molecule has 66 valence electrons. The highest BCUT2D eigenvalue weighted by molar-refractivity contribution is 6.41. The number of hydrogen-bond donors (Lipinski definition) is 0. The number of carbonyl (C=O) groups is 2. The molecule has 2 aliphatic rings. The summed E-state index contributed by atoms with van der Waals surface area (Å²) in [6.07, 6.45) is 1.45. The van der Waals surface area contributed by atoms with Gasteiger partial charge in [-0.05, 0) is 6.42 Å². The van der Waals surface area contributed by atoms with Gasteiger partial charge in [0.1, 0.15) is 0 Å². The number of rotatable bonds is 0. The first-order valence-corrected chi connectivity index (χ1v) is 4.10. The fraction of sp³-hybridized carbons (Fsp3) is 0.750. The Balaban J connectivity index is 2.19. The van der Waals surface area contributed by atoms with Crippen molar-refractivity contribution in [2.24, 2.45) is 0 Å². The van der Waals surface area contributed by atoms with Gasteiger partial charge in [-0.2, -0.15) is 0 Å². The van der Waals surface area contributed by atoms with Gasteiger partial charge in [-0.15, -0.1) is 0 Å². The zero-order chi connectivity index (χ0) is 8.60. The van der Waals surface area contributed by atoms with Crippen molar-refractivity contribution in [1.82, 2.24) is 0 Å². The van der Waals surface area contributed by atoms with Crippen LogP contribution in [0.2, 0.25) is 0 Å². The molecular weight excluding hydrogens is 160 g/mol. The molecule has 0 aromatic rings. The summed E-state index contributed by atoms with van der Waals surface area (Å²) < 4.78 is 10.4. The predicted molar refractivity (Wildman–Crippen MR) is 38.5 cm³/mol. The summed E-state index contributed by atoms with van der Waals surface area (Å²) in [5.74, 6) is -2.05. The van der Waals surface area contributed by atoms with Gasteiger partial charge in [0, 0.05) is 12.8 Å². The molecule has 0 unspecified atom stereocenters. The molecule has 1 saturated carbocycles. The summed E-state index contributed by atoms with van der Waals surface area (Å²) in [5, 5.41) is 0. The van der Waals surface area contributed by atoms with Crippen molar-refractivity contribution >= 4 is 11.6 Å². The molecule has 1 spiro atoms. The van der Waals surface area contributed by atoms with Gasteiger partial charge in [0.25, 0.3) is 5.78 Å². The molecule has 4 heteroatoms. The topological polar surface area (TPSA) is 52.6 Å². The van der Waals surface area contributed by atoms with Gasteiger partial charge in [0.15, 0.2) is 0 Å². The standard InChI is InChI=1S/C8H10O4/c9-6-2-3-8(7(6)10)11-4-1-5-12-8/h1-5H2. The fourth-order valence-corrected chi connectivity index (χ4v) is 1.57. The van der Waals surface area contributed by atoms with Gasteiger partial charge in [-0.1, -0.05) is 0 Å². The van der Waals surface area contributed by atoms with Gasteiger partial charge in [-0.3, -0.25) is 9.59 Å². The molecule has 0 atom stereocenters. The summed E-state index contributed by atoms with van der Waals surface area (Å²) in [6, 6.07) is 0. The molecule has 2 rings (SSSR count). The highest BCUT2D eigenvalue weighted by atomic mass is 16.7. The lowest BCUT2D eigenvalue weighted by Crippen LogP contribution is -2.45. The van der Waals surface area contributed by atoms with Crippen molar-refractivity contribution in [3.8, 4) is 0 Å². The summed E-state index contributed by atoms with van der Waals surface area (Å²) in [5.41, 5.74) is 0. The lowest BCUT2D eigenvalue weighted by atomic mass is 10.2. The van der Waals surface area contributed by atoms with E-state index in [-0.39, 0.29) is 12.2 Å². The fourth-order valence-electron chi connectivity index (χ4n) is 1.57. The molecule has 0 amide bonds. The maximum atomic E-state index is 11.3. The molecular formula is C8H10O4. The molecule has 12 heavy (non-hydrogen) atoms. The zero-order valence-corrected chi connectivity index (χ0v) is 6.67. The molecule has 2 fully saturated rings. The Morgan fingerprint density at radius 1 is 1.17 bits per heavy atom. The summed E-state index contributed by atoms with van der Waals surface area (Å²) in [6.45, 7) is 1.03. The van der Waals surface area contributed by atoms with Crippen LogP contribution in [0.4, 0.5) is 0 Å². The van der Waals surface area contributed by atoms with Crippen molar-refractivity contribution in [2.75, 3.05) is 13.2 Å². The van der Waals surface area contributed by atoms with Crippen molar-refractivity contribution in [3.63, 3.8) is 0 Å². The van der Waals surface area contributed by atoms with Crippen LogP contribution in [0.15, 0.2) is 0 Å². The van der Waals surface area contributed by atoms with Crippen LogP contribution < -0.4 is 0 Å². The third kappa shape index (κ3) is 0.990. The van der Waals surface area contributed by atoms with E-state index >= 15 is 0 Å². The van der Waals surface area contributed by atoms with Crippen LogP contribution in [-0.2, 0) is 19.1 Å². The SMILES string of the molecule is O=C1CCC2(OCCCO2)C1=O. The lowest BCUT2D eigenvalue weighted by Gasteiger charge is -2.30. The second-order valence-corrected chi connectivity index (χ2v) is 3.06. The third-order valence-corrected chi connectivity index (χ3v) is 2.24. The van der Waals surface area contributed by atoms with Crippen LogP contribution in [0.3, 0.4) is 0 Å². The Morgan fingerprint density at radius 2 is 1.83 bits per heavy atom. The van der Waals surface area contributed by atoms with Gasteiger partial charge in [0.05, 0.1) is 13.2 Å². The van der Waals surface area contributed by atoms with E-state index in [0.717, 1.165) is 6.42 Å². The number of ether oxygens (including phenoxy) is 2. The highest BCUT2D eigenvalue weighted by Crippen LogP contribution is 2.31. The minimum absolute atomic E-state index is 0.263. The summed E-state index contributed by atoms with van der Waals surface area (Å²) >= 11 is 0. The van der Waals surface area contributed by atoms with E-state index in [4.69, 9.17) is 9.47 Å². The van der Waals surface area contributed by atoms with E-state index in [1.54, 1.807) is 0 Å². The summed E-state index contributed by atoms with van der Waals surface area (Å²) in [4.78, 5) is 22.2. The van der Waals surface area contributed by atoms with Crippen molar-refractivity contribution in [1.29, 1.82) is 0 Å². The molecule has 0 aromatic heterocycles. The molecule has 0 N–H and O–H groups in total. The van der Waals surface area contributed by atoms with Gasteiger partial charge in [-0.25, -0.2) is 0 Å². The first-order chi connectivity index (χ1) is 5.75. The average molecular weight is 170 g/mol. The monoisotopic (exact) mass is 170 g/mol. The maximum Gasteiger partial charge on any atom is 0.257 e. The van der Waals surface area contributed by atoms with Crippen molar-refractivity contribution in [3.05, 3.63) is 0 Å². The van der Waals surface area contributed by atoms with Crippen molar-refractivity contribution in [2.45, 2.75) is 25.0 Å². The first-order valence-electron chi connectivity index (χ1n) is 4.10. The van der Waals surface area contributed by atoms with E-state index in [0.29, 0.717) is 19.6 Å². The van der Waals surface area contributed by atoms with Gasteiger partial charge in [0.2, 0.25) is 11.6 Å². The van der Waals surface area contributed by atoms with Crippen LogP contribution in [0.25, 0.3) is 0 Å². The zero-order valence-electron chi connectivity index (χ0n) is 6.67. The minimum Gasteiger partial charge on any atom is -0.343 e. The predicted octanol–water partition coefficient (Wildman–Crippen LogP) is 0.0516. The smallest absolute Gasteiger partial charge is 0.257 e.